The van der Waals surface area contributed by atoms with Gasteiger partial charge < -0.3 is 24.5 Å². The summed E-state index contributed by atoms with van der Waals surface area (Å²) in [5.74, 6) is 0.256. The SMILES string of the molecule is C[C@@H]1CN(C(=O)C2(O)CCN(C(=O)OC(C)(C)C)CC2)[C@@H](C)CN1c1ncnc2c1c(-c1ccccc1F)cn2-c1cc(C#N)ccn1. The number of hydrogen-bond donors (Lipinski definition) is 1. The van der Waals surface area contributed by atoms with Crippen LogP contribution in [-0.4, -0.2) is 95.9 Å². The Morgan fingerprint density at radius 3 is 2.46 bits per heavy atom. The molecule has 250 valence electrons. The van der Waals surface area contributed by atoms with Crippen molar-refractivity contribution in [1.82, 2.24) is 29.3 Å². The minimum absolute atomic E-state index is 0.111. The summed E-state index contributed by atoms with van der Waals surface area (Å²) in [5, 5.41) is 21.6. The van der Waals surface area contributed by atoms with E-state index in [9.17, 15) is 20.0 Å². The molecule has 3 aromatic heterocycles. The molecular formula is C35H39FN8O4. The Bertz CT molecular complexity index is 1910. The Balaban J connectivity index is 1.30. The number of piperidine rings is 1. The highest BCUT2D eigenvalue weighted by Crippen LogP contribution is 2.39. The third kappa shape index (κ3) is 6.15. The zero-order valence-corrected chi connectivity index (χ0v) is 27.7. The maximum Gasteiger partial charge on any atom is 0.410 e. The molecule has 0 saturated carbocycles. The van der Waals surface area contributed by atoms with Gasteiger partial charge in [0.05, 0.1) is 17.0 Å². The van der Waals surface area contributed by atoms with Crippen LogP contribution >= 0.6 is 0 Å². The highest BCUT2D eigenvalue weighted by Gasteiger charge is 2.46. The lowest BCUT2D eigenvalue weighted by Crippen LogP contribution is -2.64. The predicted molar refractivity (Wildman–Crippen MR) is 177 cm³/mol. The topological polar surface area (TPSA) is 141 Å². The number of fused-ring (bicyclic) bond motifs is 1. The Hall–Kier alpha value is -5.09. The van der Waals surface area contributed by atoms with Crippen molar-refractivity contribution in [1.29, 1.82) is 5.26 Å². The summed E-state index contributed by atoms with van der Waals surface area (Å²) in [6.07, 6.45) is 4.51. The number of ether oxygens (including phenoxy) is 1. The standard InChI is InChI=1S/C35H39FN8O4/c1-22-19-43(32(45)35(47)11-14-41(15-12-35)33(46)48-34(3,4)5)23(2)18-42(22)30-29-26(25-8-6-7-9-27(25)36)20-44(31(29)40-21-39-30)28-16-24(17-37)10-13-38-28/h6-10,13,16,20-23,47H,11-12,14-15,18-19H2,1-5H3/t22-,23+/m1/s1. The largest absolute Gasteiger partial charge is 0.444 e. The summed E-state index contributed by atoms with van der Waals surface area (Å²) in [7, 11) is 0. The zero-order valence-electron chi connectivity index (χ0n) is 27.7. The van der Waals surface area contributed by atoms with Gasteiger partial charge >= 0.3 is 6.09 Å². The molecule has 1 aromatic carbocycles. The van der Waals surface area contributed by atoms with Gasteiger partial charge in [-0.05, 0) is 52.8 Å². The maximum atomic E-state index is 15.3. The van der Waals surface area contributed by atoms with E-state index in [4.69, 9.17) is 9.72 Å². The van der Waals surface area contributed by atoms with Crippen molar-refractivity contribution in [3.8, 4) is 23.0 Å². The van der Waals surface area contributed by atoms with E-state index >= 15 is 4.39 Å². The van der Waals surface area contributed by atoms with Crippen molar-refractivity contribution < 1.29 is 23.8 Å². The number of carbonyl (C=O) groups excluding carboxylic acids is 2. The third-order valence-corrected chi connectivity index (χ3v) is 9.01. The lowest BCUT2D eigenvalue weighted by molar-refractivity contribution is -0.159. The van der Waals surface area contributed by atoms with Crippen LogP contribution < -0.4 is 4.90 Å². The van der Waals surface area contributed by atoms with Gasteiger partial charge in [0.15, 0.2) is 5.65 Å². The number of nitriles is 1. The molecule has 0 radical (unpaired) electrons. The quantitative estimate of drug-likeness (QED) is 0.332. The Kier molecular flexibility index (Phi) is 8.55. The molecule has 12 nitrogen and oxygen atoms in total. The number of piperazine rings is 1. The smallest absolute Gasteiger partial charge is 0.410 e. The van der Waals surface area contributed by atoms with E-state index in [1.54, 1.807) is 73.0 Å². The average Bonchev–Trinajstić information content (AvgIpc) is 3.45. The fraction of sp³-hybridized carbons (Fsp3) is 0.429. The second kappa shape index (κ2) is 12.5. The van der Waals surface area contributed by atoms with Gasteiger partial charge in [-0.15, -0.1) is 0 Å². The fourth-order valence-electron chi connectivity index (χ4n) is 6.51. The van der Waals surface area contributed by atoms with Crippen LogP contribution in [0.5, 0.6) is 0 Å². The maximum absolute atomic E-state index is 15.3. The molecule has 2 aliphatic heterocycles. The normalized spacial score (nSPS) is 19.7. The first-order chi connectivity index (χ1) is 22.8. The molecule has 13 heteroatoms. The molecular weight excluding hydrogens is 615 g/mol. The molecule has 2 saturated heterocycles. The van der Waals surface area contributed by atoms with Crippen LogP contribution in [0.15, 0.2) is 55.1 Å². The molecule has 2 aliphatic rings. The van der Waals surface area contributed by atoms with E-state index in [1.807, 2.05) is 13.8 Å². The first-order valence-electron chi connectivity index (χ1n) is 16.0. The fourth-order valence-corrected chi connectivity index (χ4v) is 6.51. The molecule has 4 aromatic rings. The molecule has 48 heavy (non-hydrogen) atoms. The van der Waals surface area contributed by atoms with Crippen molar-refractivity contribution >= 4 is 28.9 Å². The number of anilines is 1. The summed E-state index contributed by atoms with van der Waals surface area (Å²) in [6, 6.07) is 11.3. The zero-order chi connectivity index (χ0) is 34.4. The first kappa shape index (κ1) is 32.8. The van der Waals surface area contributed by atoms with Crippen molar-refractivity contribution in [3.05, 3.63) is 66.5 Å². The number of likely N-dealkylation sites (tertiary alicyclic amines) is 1. The van der Waals surface area contributed by atoms with Gasteiger partial charge in [-0.1, -0.05) is 18.2 Å². The summed E-state index contributed by atoms with van der Waals surface area (Å²) in [4.78, 5) is 45.5. The molecule has 6 rings (SSSR count). The Morgan fingerprint density at radius 2 is 1.77 bits per heavy atom. The number of pyridine rings is 1. The second-order valence-corrected chi connectivity index (χ2v) is 13.6. The van der Waals surface area contributed by atoms with Crippen LogP contribution in [0.25, 0.3) is 28.0 Å². The van der Waals surface area contributed by atoms with E-state index in [1.165, 1.54) is 17.3 Å². The van der Waals surface area contributed by atoms with E-state index in [-0.39, 0.29) is 43.9 Å². The van der Waals surface area contributed by atoms with Crippen LogP contribution in [0, 0.1) is 17.1 Å². The number of hydrogen-bond acceptors (Lipinski definition) is 9. The van der Waals surface area contributed by atoms with Crippen LogP contribution in [-0.2, 0) is 9.53 Å². The van der Waals surface area contributed by atoms with Crippen LogP contribution in [0.3, 0.4) is 0 Å². The van der Waals surface area contributed by atoms with Crippen molar-refractivity contribution in [2.75, 3.05) is 31.1 Å². The number of halogens is 1. The minimum atomic E-state index is -1.60. The Morgan fingerprint density at radius 1 is 1.04 bits per heavy atom. The molecule has 5 heterocycles. The predicted octanol–water partition coefficient (Wildman–Crippen LogP) is 4.68. The van der Waals surface area contributed by atoms with Gasteiger partial charge in [-0.3, -0.25) is 9.36 Å². The van der Waals surface area contributed by atoms with Gasteiger partial charge in [0, 0.05) is 74.6 Å². The number of nitrogens with zero attached hydrogens (tertiary/aromatic N) is 8. The van der Waals surface area contributed by atoms with Crippen LogP contribution in [0.2, 0.25) is 0 Å². The molecule has 1 N–H and O–H groups in total. The molecule has 2 atom stereocenters. The highest BCUT2D eigenvalue weighted by molar-refractivity contribution is 6.02. The van der Waals surface area contributed by atoms with Crippen molar-refractivity contribution in [3.63, 3.8) is 0 Å². The van der Waals surface area contributed by atoms with E-state index in [0.29, 0.717) is 52.4 Å². The summed E-state index contributed by atoms with van der Waals surface area (Å²) < 4.78 is 22.5. The number of amides is 2. The van der Waals surface area contributed by atoms with E-state index < -0.39 is 23.1 Å². The number of aliphatic hydroxyl groups is 1. The van der Waals surface area contributed by atoms with E-state index in [2.05, 4.69) is 20.9 Å². The first-order valence-corrected chi connectivity index (χ1v) is 16.0. The highest BCUT2D eigenvalue weighted by atomic mass is 19.1. The molecule has 0 spiro atoms. The molecule has 0 aliphatic carbocycles. The second-order valence-electron chi connectivity index (χ2n) is 13.6. The minimum Gasteiger partial charge on any atom is -0.444 e. The van der Waals surface area contributed by atoms with Crippen LogP contribution in [0.4, 0.5) is 15.0 Å². The number of rotatable bonds is 4. The average molecular weight is 655 g/mol. The number of carbonyl (C=O) groups is 2. The van der Waals surface area contributed by atoms with Gasteiger partial charge in [-0.2, -0.15) is 5.26 Å². The van der Waals surface area contributed by atoms with Gasteiger partial charge in [0.25, 0.3) is 5.91 Å². The van der Waals surface area contributed by atoms with Gasteiger partial charge in [-0.25, -0.2) is 24.1 Å². The Labute approximate surface area is 278 Å². The summed E-state index contributed by atoms with van der Waals surface area (Å²) >= 11 is 0. The molecule has 2 fully saturated rings. The van der Waals surface area contributed by atoms with E-state index in [0.717, 1.165) is 0 Å². The molecule has 0 bridgehead atoms. The molecule has 0 unspecified atom stereocenters. The molecule has 2 amide bonds. The lowest BCUT2D eigenvalue weighted by Gasteiger charge is -2.48. The van der Waals surface area contributed by atoms with Gasteiger partial charge in [0.1, 0.15) is 35.0 Å². The summed E-state index contributed by atoms with van der Waals surface area (Å²) in [5.41, 5.74) is -0.402. The third-order valence-electron chi connectivity index (χ3n) is 9.01. The van der Waals surface area contributed by atoms with Crippen LogP contribution in [0.1, 0.15) is 53.0 Å². The number of aromatic nitrogens is 4. The lowest BCUT2D eigenvalue weighted by atomic mass is 9.88. The summed E-state index contributed by atoms with van der Waals surface area (Å²) in [6.45, 7) is 10.4. The number of benzene rings is 1. The van der Waals surface area contributed by atoms with Crippen molar-refractivity contribution in [2.24, 2.45) is 0 Å². The van der Waals surface area contributed by atoms with Crippen molar-refractivity contribution in [2.45, 2.75) is 70.7 Å². The monoisotopic (exact) mass is 654 g/mol. The van der Waals surface area contributed by atoms with Gasteiger partial charge in [0.2, 0.25) is 0 Å².